The lowest BCUT2D eigenvalue weighted by Gasteiger charge is -2.22. The maximum atomic E-state index is 13.4. The zero-order chi connectivity index (χ0) is 18.2. The average molecular weight is 473 g/mol. The van der Waals surface area contributed by atoms with Crippen LogP contribution in [-0.4, -0.2) is 36.7 Å². The van der Waals surface area contributed by atoms with E-state index in [9.17, 15) is 9.50 Å². The molecular weight excluding hydrogens is 448 g/mol. The quantitative estimate of drug-likeness (QED) is 0.381. The molecule has 0 amide bonds. The number of aromatic hydroxyl groups is 1. The number of hydrogen-bond donors (Lipinski definition) is 2. The summed E-state index contributed by atoms with van der Waals surface area (Å²) in [5.74, 6) is 0.575. The van der Waals surface area contributed by atoms with Gasteiger partial charge in [-0.05, 0) is 42.3 Å². The van der Waals surface area contributed by atoms with Gasteiger partial charge in [-0.1, -0.05) is 18.2 Å². The predicted octanol–water partition coefficient (Wildman–Crippen LogP) is 3.76. The molecule has 0 unspecified atom stereocenters. The lowest BCUT2D eigenvalue weighted by atomic mass is 10.2. The van der Waals surface area contributed by atoms with Crippen molar-refractivity contribution in [2.75, 3.05) is 20.7 Å². The van der Waals surface area contributed by atoms with Crippen molar-refractivity contribution >= 4 is 29.9 Å². The van der Waals surface area contributed by atoms with Gasteiger partial charge in [-0.2, -0.15) is 0 Å². The molecule has 2 aromatic carbocycles. The third-order valence-corrected chi connectivity index (χ3v) is 3.69. The number of aliphatic imine (C=N–C) groups is 1. The Kier molecular flexibility index (Phi) is 9.18. The average Bonchev–Trinajstić information content (AvgIpc) is 2.60. The van der Waals surface area contributed by atoms with Gasteiger partial charge >= 0.3 is 0 Å². The van der Waals surface area contributed by atoms with Crippen LogP contribution < -0.4 is 10.1 Å². The highest BCUT2D eigenvalue weighted by molar-refractivity contribution is 14.0. The fourth-order valence-corrected chi connectivity index (χ4v) is 2.43. The van der Waals surface area contributed by atoms with Gasteiger partial charge in [-0.25, -0.2) is 4.39 Å². The van der Waals surface area contributed by atoms with Crippen LogP contribution in [0.2, 0.25) is 0 Å². The second-order valence-electron chi connectivity index (χ2n) is 5.62. The molecule has 2 rings (SSSR count). The first-order valence-electron chi connectivity index (χ1n) is 8.14. The third-order valence-electron chi connectivity index (χ3n) is 3.69. The van der Waals surface area contributed by atoms with E-state index in [1.54, 1.807) is 13.1 Å². The van der Waals surface area contributed by atoms with Gasteiger partial charge in [0.15, 0.2) is 17.5 Å². The Morgan fingerprint density at radius 1 is 1.19 bits per heavy atom. The van der Waals surface area contributed by atoms with Crippen molar-refractivity contribution in [3.05, 3.63) is 59.4 Å². The zero-order valence-corrected chi connectivity index (χ0v) is 17.5. The van der Waals surface area contributed by atoms with E-state index in [0.717, 1.165) is 16.9 Å². The standard InChI is InChI=1S/C19H24FN3O2.HI/c1-4-25-16-8-5-14(6-9-16)13-23(3)19(21-2)22-12-15-7-10-18(24)17(20)11-15;/h5-11,24H,4,12-13H2,1-3H3,(H,21,22);1H. The Hall–Kier alpha value is -2.03. The lowest BCUT2D eigenvalue weighted by molar-refractivity contribution is 0.340. The van der Waals surface area contributed by atoms with Crippen LogP contribution in [0, 0.1) is 5.82 Å². The SMILES string of the molecule is CCOc1ccc(CN(C)C(=NC)NCc2ccc(O)c(F)c2)cc1.I. The van der Waals surface area contributed by atoms with Crippen LogP contribution in [0.15, 0.2) is 47.5 Å². The molecule has 2 aromatic rings. The maximum Gasteiger partial charge on any atom is 0.193 e. The number of rotatable bonds is 6. The molecule has 0 saturated heterocycles. The first-order chi connectivity index (χ1) is 12.0. The predicted molar refractivity (Wildman–Crippen MR) is 113 cm³/mol. The van der Waals surface area contributed by atoms with E-state index < -0.39 is 5.82 Å². The highest BCUT2D eigenvalue weighted by Gasteiger charge is 2.08. The lowest BCUT2D eigenvalue weighted by Crippen LogP contribution is -2.38. The Balaban J connectivity index is 0.00000338. The Morgan fingerprint density at radius 2 is 1.85 bits per heavy atom. The van der Waals surface area contributed by atoms with Gasteiger partial charge in [0.05, 0.1) is 6.61 Å². The van der Waals surface area contributed by atoms with Crippen LogP contribution >= 0.6 is 24.0 Å². The Bertz CT molecular complexity index is 723. The van der Waals surface area contributed by atoms with Crippen LogP contribution in [0.4, 0.5) is 4.39 Å². The highest BCUT2D eigenvalue weighted by Crippen LogP contribution is 2.16. The summed E-state index contributed by atoms with van der Waals surface area (Å²) >= 11 is 0. The molecule has 5 nitrogen and oxygen atoms in total. The number of phenols is 1. The van der Waals surface area contributed by atoms with Crippen LogP contribution in [0.5, 0.6) is 11.5 Å². The smallest absolute Gasteiger partial charge is 0.193 e. The zero-order valence-electron chi connectivity index (χ0n) is 15.2. The second kappa shape index (κ2) is 10.8. The fourth-order valence-electron chi connectivity index (χ4n) is 2.43. The molecule has 0 radical (unpaired) electrons. The summed E-state index contributed by atoms with van der Waals surface area (Å²) in [6, 6.07) is 12.3. The molecule has 7 heteroatoms. The van der Waals surface area contributed by atoms with E-state index in [0.29, 0.717) is 25.7 Å². The van der Waals surface area contributed by atoms with Crippen molar-refractivity contribution in [1.82, 2.24) is 10.2 Å². The number of benzene rings is 2. The molecule has 26 heavy (non-hydrogen) atoms. The molecule has 2 N–H and O–H groups in total. The molecule has 0 aliphatic heterocycles. The second-order valence-corrected chi connectivity index (χ2v) is 5.62. The van der Waals surface area contributed by atoms with Gasteiger partial charge in [0.2, 0.25) is 0 Å². The van der Waals surface area contributed by atoms with E-state index in [1.807, 2.05) is 43.1 Å². The number of phenolic OH excluding ortho intramolecular Hbond substituents is 1. The van der Waals surface area contributed by atoms with E-state index in [4.69, 9.17) is 4.74 Å². The van der Waals surface area contributed by atoms with Gasteiger partial charge in [-0.3, -0.25) is 4.99 Å². The number of halogens is 2. The van der Waals surface area contributed by atoms with Gasteiger partial charge in [0.1, 0.15) is 5.75 Å². The van der Waals surface area contributed by atoms with Crippen molar-refractivity contribution in [2.24, 2.45) is 4.99 Å². The van der Waals surface area contributed by atoms with E-state index in [2.05, 4.69) is 10.3 Å². The van der Waals surface area contributed by atoms with Gasteiger partial charge in [0, 0.05) is 27.2 Å². The highest BCUT2D eigenvalue weighted by atomic mass is 127. The Labute approximate surface area is 170 Å². The molecule has 0 saturated carbocycles. The van der Waals surface area contributed by atoms with Crippen LogP contribution in [-0.2, 0) is 13.1 Å². The van der Waals surface area contributed by atoms with Crippen LogP contribution in [0.1, 0.15) is 18.1 Å². The topological polar surface area (TPSA) is 57.1 Å². The number of nitrogens with one attached hydrogen (secondary N) is 1. The van der Waals surface area contributed by atoms with Crippen LogP contribution in [0.25, 0.3) is 0 Å². The Morgan fingerprint density at radius 3 is 2.42 bits per heavy atom. The van der Waals surface area contributed by atoms with Crippen molar-refractivity contribution in [3.8, 4) is 11.5 Å². The van der Waals surface area contributed by atoms with Gasteiger partial charge in [0.25, 0.3) is 0 Å². The monoisotopic (exact) mass is 473 g/mol. The number of guanidine groups is 1. The summed E-state index contributed by atoms with van der Waals surface area (Å²) in [4.78, 5) is 6.23. The normalized spacial score (nSPS) is 10.8. The molecule has 0 spiro atoms. The summed E-state index contributed by atoms with van der Waals surface area (Å²) in [6.45, 7) is 3.69. The van der Waals surface area contributed by atoms with E-state index in [1.165, 1.54) is 12.1 Å². The maximum absolute atomic E-state index is 13.4. The minimum absolute atomic E-state index is 0. The summed E-state index contributed by atoms with van der Waals surface area (Å²) in [5, 5.41) is 12.4. The van der Waals surface area contributed by atoms with Crippen LogP contribution in [0.3, 0.4) is 0 Å². The van der Waals surface area contributed by atoms with Crippen molar-refractivity contribution in [2.45, 2.75) is 20.0 Å². The van der Waals surface area contributed by atoms with Gasteiger partial charge in [-0.15, -0.1) is 24.0 Å². The minimum Gasteiger partial charge on any atom is -0.505 e. The molecule has 0 aliphatic carbocycles. The number of nitrogens with zero attached hydrogens (tertiary/aromatic N) is 2. The summed E-state index contributed by atoms with van der Waals surface area (Å²) in [5.41, 5.74) is 1.86. The van der Waals surface area contributed by atoms with Crippen molar-refractivity contribution < 1.29 is 14.2 Å². The summed E-state index contributed by atoms with van der Waals surface area (Å²) in [7, 11) is 3.64. The summed E-state index contributed by atoms with van der Waals surface area (Å²) < 4.78 is 18.8. The minimum atomic E-state index is -0.628. The third kappa shape index (κ3) is 6.36. The molecule has 0 aliphatic rings. The molecular formula is C19H25FIN3O2. The summed E-state index contributed by atoms with van der Waals surface area (Å²) in [6.07, 6.45) is 0. The molecule has 0 aromatic heterocycles. The molecule has 142 valence electrons. The van der Waals surface area contributed by atoms with E-state index >= 15 is 0 Å². The molecule has 0 heterocycles. The van der Waals surface area contributed by atoms with Crippen molar-refractivity contribution in [3.63, 3.8) is 0 Å². The number of ether oxygens (including phenoxy) is 1. The first-order valence-corrected chi connectivity index (χ1v) is 8.14. The largest absolute Gasteiger partial charge is 0.505 e. The van der Waals surface area contributed by atoms with E-state index in [-0.39, 0.29) is 29.7 Å². The molecule has 0 fully saturated rings. The molecule has 0 atom stereocenters. The first kappa shape index (κ1) is 22.0. The fraction of sp³-hybridized carbons (Fsp3) is 0.316. The molecule has 0 bridgehead atoms. The van der Waals surface area contributed by atoms with Gasteiger partial charge < -0.3 is 20.1 Å². The number of hydrogen-bond acceptors (Lipinski definition) is 3. The van der Waals surface area contributed by atoms with Crippen molar-refractivity contribution in [1.29, 1.82) is 0 Å².